The second-order valence-corrected chi connectivity index (χ2v) is 5.89. The molecule has 114 valence electrons. The number of halogens is 2. The Hall–Kier alpha value is -1.91. The Morgan fingerprint density at radius 1 is 1.32 bits per heavy atom. The first-order valence-corrected chi connectivity index (χ1v) is 7.68. The van der Waals surface area contributed by atoms with E-state index in [0.29, 0.717) is 10.2 Å². The van der Waals surface area contributed by atoms with Crippen LogP contribution >= 0.6 is 23.2 Å². The van der Waals surface area contributed by atoms with Crippen LogP contribution in [0.4, 0.5) is 0 Å². The Morgan fingerprint density at radius 2 is 2.09 bits per heavy atom. The zero-order valence-electron chi connectivity index (χ0n) is 11.9. The highest BCUT2D eigenvalue weighted by Gasteiger charge is 2.34. The summed E-state index contributed by atoms with van der Waals surface area (Å²) >= 11 is 12.3. The molecule has 4 nitrogen and oxygen atoms in total. The molecule has 2 aliphatic heterocycles. The van der Waals surface area contributed by atoms with E-state index in [0.717, 1.165) is 11.3 Å². The number of benzene rings is 1. The van der Waals surface area contributed by atoms with Crippen molar-refractivity contribution in [3.05, 3.63) is 70.1 Å². The molecule has 22 heavy (non-hydrogen) atoms. The van der Waals surface area contributed by atoms with Crippen LogP contribution in [0, 0.1) is 0 Å². The smallest absolute Gasteiger partial charge is 0.264 e. The van der Waals surface area contributed by atoms with Crippen molar-refractivity contribution < 1.29 is 4.79 Å². The molecule has 0 aromatic heterocycles. The minimum Gasteiger partial charge on any atom is -0.346 e. The molecule has 1 aromatic carbocycles. The van der Waals surface area contributed by atoms with Crippen molar-refractivity contribution in [3.63, 3.8) is 0 Å². The van der Waals surface area contributed by atoms with Crippen LogP contribution in [0.3, 0.4) is 0 Å². The maximum absolute atomic E-state index is 12.5. The summed E-state index contributed by atoms with van der Waals surface area (Å²) in [6.45, 7) is 1.90. The van der Waals surface area contributed by atoms with Gasteiger partial charge >= 0.3 is 0 Å². The first-order chi connectivity index (χ1) is 10.6. The van der Waals surface area contributed by atoms with Crippen LogP contribution in [0.15, 0.2) is 59.5 Å². The van der Waals surface area contributed by atoms with E-state index in [-0.39, 0.29) is 11.9 Å². The zero-order valence-corrected chi connectivity index (χ0v) is 13.4. The molecule has 2 N–H and O–H groups in total. The van der Waals surface area contributed by atoms with Gasteiger partial charge in [0.15, 0.2) is 6.17 Å². The minimum absolute atomic E-state index is 0.166. The van der Waals surface area contributed by atoms with Crippen LogP contribution in [0.25, 0.3) is 0 Å². The molecule has 0 saturated carbocycles. The van der Waals surface area contributed by atoms with E-state index < -0.39 is 6.17 Å². The number of allylic oxidation sites excluding steroid dienone is 3. The van der Waals surface area contributed by atoms with Crippen LogP contribution in [-0.2, 0) is 4.79 Å². The van der Waals surface area contributed by atoms with Gasteiger partial charge in [0.1, 0.15) is 5.16 Å². The summed E-state index contributed by atoms with van der Waals surface area (Å²) in [5.74, 6) is -0.166. The number of fused-ring (bicyclic) bond motifs is 1. The fraction of sp³-hybridized carbons (Fsp3) is 0.188. The molecule has 2 unspecified atom stereocenters. The van der Waals surface area contributed by atoms with E-state index in [1.165, 1.54) is 0 Å². The summed E-state index contributed by atoms with van der Waals surface area (Å²) in [6, 6.07) is 7.26. The first-order valence-electron chi connectivity index (χ1n) is 6.92. The highest BCUT2D eigenvalue weighted by atomic mass is 35.5. The predicted molar refractivity (Wildman–Crippen MR) is 87.9 cm³/mol. The van der Waals surface area contributed by atoms with Gasteiger partial charge in [-0.2, -0.15) is 0 Å². The number of rotatable bonds is 3. The number of carbonyl (C=O) groups is 1. The third-order valence-electron chi connectivity index (χ3n) is 3.64. The van der Waals surface area contributed by atoms with Crippen LogP contribution in [0.1, 0.15) is 18.5 Å². The van der Waals surface area contributed by atoms with Crippen molar-refractivity contribution in [1.82, 2.24) is 15.5 Å². The number of hydrogen-bond acceptors (Lipinski definition) is 3. The van der Waals surface area contributed by atoms with Gasteiger partial charge in [0.2, 0.25) is 0 Å². The van der Waals surface area contributed by atoms with E-state index in [9.17, 15) is 4.79 Å². The number of nitrogens with one attached hydrogen (secondary N) is 2. The third kappa shape index (κ3) is 2.72. The van der Waals surface area contributed by atoms with Crippen molar-refractivity contribution in [3.8, 4) is 0 Å². The standard InChI is InChI=1S/C16H15Cl2N3O/c1-10(11-6-2-3-7-12(11)17)19-16(22)15-20-14(18)13-8-4-5-9-21(13)15/h2-10,15,20H,1H3,(H,19,22). The Labute approximate surface area is 139 Å². The lowest BCUT2D eigenvalue weighted by Gasteiger charge is -2.26. The van der Waals surface area contributed by atoms with Crippen LogP contribution in [0.5, 0.6) is 0 Å². The summed E-state index contributed by atoms with van der Waals surface area (Å²) in [6.07, 6.45) is 6.86. The van der Waals surface area contributed by atoms with Gasteiger partial charge in [0.25, 0.3) is 5.91 Å². The molecular formula is C16H15Cl2N3O. The van der Waals surface area contributed by atoms with Gasteiger partial charge in [-0.15, -0.1) is 0 Å². The monoisotopic (exact) mass is 335 g/mol. The average molecular weight is 336 g/mol. The molecule has 0 aliphatic carbocycles. The fourth-order valence-corrected chi connectivity index (χ4v) is 3.08. The minimum atomic E-state index is -0.561. The first kappa shape index (κ1) is 15.0. The normalized spacial score (nSPS) is 20.7. The van der Waals surface area contributed by atoms with Crippen LogP contribution < -0.4 is 10.6 Å². The summed E-state index contributed by atoms with van der Waals surface area (Å²) < 4.78 is 0. The van der Waals surface area contributed by atoms with Crippen molar-refractivity contribution in [2.24, 2.45) is 0 Å². The molecule has 0 fully saturated rings. The molecule has 2 atom stereocenters. The van der Waals surface area contributed by atoms with Crippen molar-refractivity contribution in [2.45, 2.75) is 19.1 Å². The van der Waals surface area contributed by atoms with Crippen molar-refractivity contribution in [2.75, 3.05) is 0 Å². The number of hydrogen-bond donors (Lipinski definition) is 2. The molecule has 6 heteroatoms. The molecule has 3 rings (SSSR count). The van der Waals surface area contributed by atoms with Gasteiger partial charge in [-0.25, -0.2) is 0 Å². The molecule has 0 bridgehead atoms. The van der Waals surface area contributed by atoms with E-state index in [4.69, 9.17) is 23.2 Å². The highest BCUT2D eigenvalue weighted by Crippen LogP contribution is 2.28. The third-order valence-corrected chi connectivity index (χ3v) is 4.28. The van der Waals surface area contributed by atoms with Gasteiger partial charge in [-0.3, -0.25) is 4.79 Å². The molecule has 0 spiro atoms. The predicted octanol–water partition coefficient (Wildman–Crippen LogP) is 3.24. The molecule has 1 amide bonds. The molecule has 0 saturated heterocycles. The van der Waals surface area contributed by atoms with Gasteiger partial charge in [0, 0.05) is 11.2 Å². The van der Waals surface area contributed by atoms with Crippen molar-refractivity contribution >= 4 is 29.1 Å². The molecule has 2 aliphatic rings. The van der Waals surface area contributed by atoms with Crippen molar-refractivity contribution in [1.29, 1.82) is 0 Å². The second kappa shape index (κ2) is 6.07. The molecule has 2 heterocycles. The fourth-order valence-electron chi connectivity index (χ4n) is 2.52. The SMILES string of the molecule is CC(NC(=O)C1NC(Cl)=C2C=CC=CN21)c1ccccc1Cl. The summed E-state index contributed by atoms with van der Waals surface area (Å²) in [5.41, 5.74) is 1.67. The molecule has 0 radical (unpaired) electrons. The van der Waals surface area contributed by atoms with E-state index in [1.807, 2.05) is 55.6 Å². The maximum atomic E-state index is 12.5. The number of amides is 1. The topological polar surface area (TPSA) is 44.4 Å². The van der Waals surface area contributed by atoms with Crippen LogP contribution in [-0.4, -0.2) is 17.0 Å². The van der Waals surface area contributed by atoms with E-state index >= 15 is 0 Å². The van der Waals surface area contributed by atoms with Gasteiger partial charge in [-0.05, 0) is 30.7 Å². The molecular weight excluding hydrogens is 321 g/mol. The Kier molecular flexibility index (Phi) is 4.14. The average Bonchev–Trinajstić information content (AvgIpc) is 2.85. The van der Waals surface area contributed by atoms with Gasteiger partial charge < -0.3 is 15.5 Å². The highest BCUT2D eigenvalue weighted by molar-refractivity contribution is 6.31. The Morgan fingerprint density at radius 3 is 2.86 bits per heavy atom. The maximum Gasteiger partial charge on any atom is 0.264 e. The Balaban J connectivity index is 1.72. The quantitative estimate of drug-likeness (QED) is 0.833. The summed E-state index contributed by atoms with van der Waals surface area (Å²) in [5, 5.41) is 7.05. The van der Waals surface area contributed by atoms with E-state index in [2.05, 4.69) is 10.6 Å². The van der Waals surface area contributed by atoms with E-state index in [1.54, 1.807) is 4.90 Å². The summed E-state index contributed by atoms with van der Waals surface area (Å²) in [7, 11) is 0. The molecule has 1 aromatic rings. The van der Waals surface area contributed by atoms with Gasteiger partial charge in [0.05, 0.1) is 11.7 Å². The lowest BCUT2D eigenvalue weighted by Crippen LogP contribution is -2.48. The zero-order chi connectivity index (χ0) is 15.7. The summed E-state index contributed by atoms with van der Waals surface area (Å²) in [4.78, 5) is 14.3. The number of nitrogens with zero attached hydrogens (tertiary/aromatic N) is 1. The lowest BCUT2D eigenvalue weighted by molar-refractivity contribution is -0.125. The Bertz CT molecular complexity index is 696. The second-order valence-electron chi connectivity index (χ2n) is 5.11. The number of carbonyl (C=O) groups excluding carboxylic acids is 1. The van der Waals surface area contributed by atoms with Gasteiger partial charge in [-0.1, -0.05) is 47.5 Å². The largest absolute Gasteiger partial charge is 0.346 e. The van der Waals surface area contributed by atoms with Crippen LogP contribution in [0.2, 0.25) is 5.02 Å². The lowest BCUT2D eigenvalue weighted by atomic mass is 10.1.